The molecule has 0 bridgehead atoms. The van der Waals surface area contributed by atoms with E-state index in [1.165, 1.54) is 10.9 Å². The van der Waals surface area contributed by atoms with Gasteiger partial charge in [0.05, 0.1) is 20.3 Å². The molecule has 0 fully saturated rings. The Labute approximate surface area is 208 Å². The molecule has 3 aromatic carbocycles. The molecule has 182 valence electrons. The average Bonchev–Trinajstić information content (AvgIpc) is 3.54. The molecule has 7 heteroatoms. The van der Waals surface area contributed by atoms with Gasteiger partial charge in [0.1, 0.15) is 11.5 Å². The van der Waals surface area contributed by atoms with Crippen molar-refractivity contribution in [2.45, 2.75) is 12.5 Å². The third-order valence-electron chi connectivity index (χ3n) is 6.82. The summed E-state index contributed by atoms with van der Waals surface area (Å²) in [5.41, 5.74) is 5.14. The van der Waals surface area contributed by atoms with Gasteiger partial charge in [-0.05, 0) is 59.5 Å². The molecule has 0 aliphatic carbocycles. The molecule has 3 heterocycles. The van der Waals surface area contributed by atoms with Crippen molar-refractivity contribution in [2.75, 3.05) is 27.6 Å². The van der Waals surface area contributed by atoms with Crippen molar-refractivity contribution in [1.82, 2.24) is 9.88 Å². The number of carbonyl (C=O) groups is 1. The molecule has 1 unspecified atom stereocenters. The Kier molecular flexibility index (Phi) is 5.52. The number of nitrogens with one attached hydrogen (secondary N) is 1. The number of para-hydroxylation sites is 1. The molecule has 0 spiro atoms. The zero-order valence-corrected chi connectivity index (χ0v) is 20.1. The van der Waals surface area contributed by atoms with Crippen LogP contribution in [0, 0.1) is 0 Å². The minimum absolute atomic E-state index is 0.0799. The molecule has 6 rings (SSSR count). The van der Waals surface area contributed by atoms with Crippen LogP contribution in [0.1, 0.15) is 28.4 Å². The third-order valence-corrected chi connectivity index (χ3v) is 6.82. The van der Waals surface area contributed by atoms with E-state index in [1.807, 2.05) is 41.3 Å². The van der Waals surface area contributed by atoms with Crippen molar-refractivity contribution < 1.29 is 23.7 Å². The van der Waals surface area contributed by atoms with E-state index in [4.69, 9.17) is 18.9 Å². The highest BCUT2D eigenvalue weighted by atomic mass is 16.7. The second-order valence-electron chi connectivity index (χ2n) is 8.84. The molecule has 0 radical (unpaired) electrons. The van der Waals surface area contributed by atoms with Gasteiger partial charge < -0.3 is 28.8 Å². The molecule has 7 nitrogen and oxygen atoms in total. The predicted molar refractivity (Wildman–Crippen MR) is 137 cm³/mol. The molecule has 36 heavy (non-hydrogen) atoms. The lowest BCUT2D eigenvalue weighted by molar-refractivity contribution is -0.128. The van der Waals surface area contributed by atoms with Crippen molar-refractivity contribution in [1.29, 1.82) is 0 Å². The van der Waals surface area contributed by atoms with Crippen LogP contribution in [0.15, 0.2) is 66.7 Å². The Morgan fingerprint density at radius 1 is 1.00 bits per heavy atom. The van der Waals surface area contributed by atoms with Gasteiger partial charge in [0, 0.05) is 35.3 Å². The van der Waals surface area contributed by atoms with Crippen LogP contribution in [0.4, 0.5) is 0 Å². The third kappa shape index (κ3) is 3.82. The van der Waals surface area contributed by atoms with Crippen molar-refractivity contribution in [3.05, 3.63) is 89.1 Å². The molecular formula is C29H26N2O5. The van der Waals surface area contributed by atoms with Gasteiger partial charge in [-0.3, -0.25) is 4.79 Å². The van der Waals surface area contributed by atoms with Crippen molar-refractivity contribution >= 4 is 22.9 Å². The van der Waals surface area contributed by atoms with E-state index in [1.54, 1.807) is 32.4 Å². The Morgan fingerprint density at radius 3 is 2.58 bits per heavy atom. The number of hydrogen-bond acceptors (Lipinski definition) is 5. The lowest BCUT2D eigenvalue weighted by Gasteiger charge is -2.35. The summed E-state index contributed by atoms with van der Waals surface area (Å²) >= 11 is 0. The van der Waals surface area contributed by atoms with Crippen LogP contribution < -0.4 is 18.9 Å². The SMILES string of the molecule is COc1cc(/C=C/C(=O)N2CCc3c([nH]c4ccccc34)C2c2ccc3c(c2)OCO3)cc(OC)c1. The summed E-state index contributed by atoms with van der Waals surface area (Å²) in [6.45, 7) is 0.801. The monoisotopic (exact) mass is 482 g/mol. The van der Waals surface area contributed by atoms with E-state index in [0.717, 1.165) is 34.5 Å². The molecular weight excluding hydrogens is 456 g/mol. The van der Waals surface area contributed by atoms with Crippen molar-refractivity contribution in [2.24, 2.45) is 0 Å². The fourth-order valence-electron chi connectivity index (χ4n) is 5.10. The summed E-state index contributed by atoms with van der Waals surface area (Å²) in [5, 5.41) is 1.20. The maximum atomic E-state index is 13.6. The predicted octanol–water partition coefficient (Wildman–Crippen LogP) is 5.10. The number of amides is 1. The number of rotatable bonds is 5. The number of aromatic nitrogens is 1. The first-order valence-corrected chi connectivity index (χ1v) is 11.9. The minimum Gasteiger partial charge on any atom is -0.497 e. The highest BCUT2D eigenvalue weighted by Gasteiger charge is 2.34. The van der Waals surface area contributed by atoms with Gasteiger partial charge in [-0.2, -0.15) is 0 Å². The second-order valence-corrected chi connectivity index (χ2v) is 8.84. The summed E-state index contributed by atoms with van der Waals surface area (Å²) in [6.07, 6.45) is 4.18. The number of aromatic amines is 1. The second kappa shape index (κ2) is 9.00. The molecule has 4 aromatic rings. The van der Waals surface area contributed by atoms with E-state index in [2.05, 4.69) is 23.2 Å². The van der Waals surface area contributed by atoms with Crippen LogP contribution >= 0.6 is 0 Å². The first kappa shape index (κ1) is 22.1. The number of hydrogen-bond donors (Lipinski definition) is 1. The van der Waals surface area contributed by atoms with Crippen LogP contribution in [0.5, 0.6) is 23.0 Å². The summed E-state index contributed by atoms with van der Waals surface area (Å²) in [7, 11) is 3.21. The normalized spacial score (nSPS) is 16.4. The van der Waals surface area contributed by atoms with Crippen LogP contribution in [-0.4, -0.2) is 43.3 Å². The molecule has 1 aromatic heterocycles. The number of ether oxygens (including phenoxy) is 4. The van der Waals surface area contributed by atoms with Crippen LogP contribution in [0.2, 0.25) is 0 Å². The van der Waals surface area contributed by atoms with Crippen LogP contribution in [0.25, 0.3) is 17.0 Å². The summed E-state index contributed by atoms with van der Waals surface area (Å²) in [4.78, 5) is 19.1. The van der Waals surface area contributed by atoms with Gasteiger partial charge in [0.25, 0.3) is 0 Å². The number of methoxy groups -OCH3 is 2. The fourth-order valence-corrected chi connectivity index (χ4v) is 5.10. The van der Waals surface area contributed by atoms with Crippen molar-refractivity contribution in [3.63, 3.8) is 0 Å². The first-order chi connectivity index (χ1) is 17.6. The zero-order valence-electron chi connectivity index (χ0n) is 20.1. The summed E-state index contributed by atoms with van der Waals surface area (Å²) in [6, 6.07) is 19.4. The Balaban J connectivity index is 1.39. The largest absolute Gasteiger partial charge is 0.497 e. The van der Waals surface area contributed by atoms with E-state index in [-0.39, 0.29) is 18.7 Å². The highest BCUT2D eigenvalue weighted by molar-refractivity contribution is 5.93. The molecule has 0 saturated carbocycles. The van der Waals surface area contributed by atoms with Crippen LogP contribution in [-0.2, 0) is 11.2 Å². The lowest BCUT2D eigenvalue weighted by atomic mass is 9.92. The van der Waals surface area contributed by atoms with Gasteiger partial charge >= 0.3 is 0 Å². The number of nitrogens with zero attached hydrogens (tertiary/aromatic N) is 1. The van der Waals surface area contributed by atoms with Gasteiger partial charge in [0.15, 0.2) is 11.5 Å². The highest BCUT2D eigenvalue weighted by Crippen LogP contribution is 2.42. The Hall–Kier alpha value is -4.39. The van der Waals surface area contributed by atoms with Gasteiger partial charge in [-0.25, -0.2) is 0 Å². The van der Waals surface area contributed by atoms with Crippen LogP contribution in [0.3, 0.4) is 0 Å². The Morgan fingerprint density at radius 2 is 1.78 bits per heavy atom. The quantitative estimate of drug-likeness (QED) is 0.401. The van der Waals surface area contributed by atoms with E-state index < -0.39 is 0 Å². The zero-order chi connectivity index (χ0) is 24.6. The van der Waals surface area contributed by atoms with Crippen molar-refractivity contribution in [3.8, 4) is 23.0 Å². The minimum atomic E-state index is -0.285. The number of benzene rings is 3. The van der Waals surface area contributed by atoms with E-state index >= 15 is 0 Å². The standard InChI is InChI=1S/C29H26N2O5/c1-33-20-13-18(14-21(16-20)34-2)7-10-27(32)31-12-11-23-22-5-3-4-6-24(22)30-28(23)29(31)19-8-9-25-26(15-19)36-17-35-25/h3-10,13-16,29-30H,11-12,17H2,1-2H3/b10-7+. The number of H-pyrrole nitrogens is 1. The lowest BCUT2D eigenvalue weighted by Crippen LogP contribution is -2.39. The number of fused-ring (bicyclic) bond motifs is 4. The molecule has 1 N–H and O–H groups in total. The topological polar surface area (TPSA) is 73.0 Å². The maximum Gasteiger partial charge on any atom is 0.247 e. The average molecular weight is 483 g/mol. The fraction of sp³-hybridized carbons (Fsp3) is 0.207. The summed E-state index contributed by atoms with van der Waals surface area (Å²) in [5.74, 6) is 2.67. The summed E-state index contributed by atoms with van der Waals surface area (Å²) < 4.78 is 21.9. The number of carbonyl (C=O) groups excluding carboxylic acids is 1. The van der Waals surface area contributed by atoms with Gasteiger partial charge in [-0.15, -0.1) is 0 Å². The smallest absolute Gasteiger partial charge is 0.247 e. The molecule has 0 saturated heterocycles. The molecule has 2 aliphatic rings. The maximum absolute atomic E-state index is 13.6. The van der Waals surface area contributed by atoms with Gasteiger partial charge in [-0.1, -0.05) is 24.3 Å². The van der Waals surface area contributed by atoms with E-state index in [9.17, 15) is 4.79 Å². The van der Waals surface area contributed by atoms with E-state index in [0.29, 0.717) is 23.8 Å². The molecule has 2 aliphatic heterocycles. The van der Waals surface area contributed by atoms with Gasteiger partial charge in [0.2, 0.25) is 12.7 Å². The molecule has 1 atom stereocenters. The first-order valence-electron chi connectivity index (χ1n) is 11.9. The molecule has 1 amide bonds. The Bertz CT molecular complexity index is 1470.